The molecule has 0 aliphatic carbocycles. The molecule has 0 radical (unpaired) electrons. The van der Waals surface area contributed by atoms with Crippen molar-refractivity contribution in [2.45, 2.75) is 17.8 Å². The van der Waals surface area contributed by atoms with Crippen molar-refractivity contribution in [3.8, 4) is 5.69 Å². The third-order valence-electron chi connectivity index (χ3n) is 5.44. The number of aromatic nitrogens is 4. The molecule has 2 aromatic carbocycles. The SMILES string of the molecule is COC(=O)c1ccc(NC(=O)CSc2nnc(Cc3cccn3C)n2-c2cccc(C(F)(F)F)c2)cc1. The molecule has 4 rings (SSSR count). The highest BCUT2D eigenvalue weighted by atomic mass is 32.2. The van der Waals surface area contributed by atoms with Crippen molar-refractivity contribution in [1.29, 1.82) is 0 Å². The third kappa shape index (κ3) is 6.20. The van der Waals surface area contributed by atoms with Crippen molar-refractivity contribution in [3.05, 3.63) is 89.5 Å². The summed E-state index contributed by atoms with van der Waals surface area (Å²) in [6, 6.07) is 14.8. The molecule has 0 fully saturated rings. The minimum absolute atomic E-state index is 0.0694. The van der Waals surface area contributed by atoms with Gasteiger partial charge in [0.05, 0.1) is 29.7 Å². The number of methoxy groups -OCH3 is 1. The summed E-state index contributed by atoms with van der Waals surface area (Å²) in [6.45, 7) is 0. The first kappa shape index (κ1) is 26.0. The molecule has 0 bridgehead atoms. The first-order chi connectivity index (χ1) is 17.7. The van der Waals surface area contributed by atoms with Crippen molar-refractivity contribution in [3.63, 3.8) is 0 Å². The second-order valence-corrected chi connectivity index (χ2v) is 8.92. The van der Waals surface area contributed by atoms with E-state index in [1.165, 1.54) is 29.9 Å². The lowest BCUT2D eigenvalue weighted by Crippen LogP contribution is -2.15. The fourth-order valence-corrected chi connectivity index (χ4v) is 4.34. The minimum Gasteiger partial charge on any atom is -0.465 e. The van der Waals surface area contributed by atoms with E-state index in [0.29, 0.717) is 23.5 Å². The Kier molecular flexibility index (Phi) is 7.67. The van der Waals surface area contributed by atoms with Crippen LogP contribution in [0.3, 0.4) is 0 Å². The number of carbonyl (C=O) groups is 2. The third-order valence-corrected chi connectivity index (χ3v) is 6.37. The number of halogens is 3. The average molecular weight is 530 g/mol. The van der Waals surface area contributed by atoms with Gasteiger partial charge in [-0.2, -0.15) is 13.2 Å². The first-order valence-electron chi connectivity index (χ1n) is 11.0. The van der Waals surface area contributed by atoms with Gasteiger partial charge in [-0.25, -0.2) is 4.79 Å². The maximum absolute atomic E-state index is 13.4. The van der Waals surface area contributed by atoms with E-state index in [2.05, 4.69) is 20.3 Å². The topological polar surface area (TPSA) is 91.0 Å². The van der Waals surface area contributed by atoms with E-state index in [4.69, 9.17) is 0 Å². The van der Waals surface area contributed by atoms with Crippen LogP contribution >= 0.6 is 11.8 Å². The van der Waals surface area contributed by atoms with Gasteiger partial charge in [0.2, 0.25) is 5.91 Å². The van der Waals surface area contributed by atoms with E-state index in [1.54, 1.807) is 18.2 Å². The Hall–Kier alpha value is -4.06. The van der Waals surface area contributed by atoms with Gasteiger partial charge < -0.3 is 14.6 Å². The van der Waals surface area contributed by atoms with Gasteiger partial charge in [-0.3, -0.25) is 9.36 Å². The number of rotatable bonds is 8. The number of esters is 1. The van der Waals surface area contributed by atoms with Gasteiger partial charge in [0.25, 0.3) is 0 Å². The summed E-state index contributed by atoms with van der Waals surface area (Å²) in [4.78, 5) is 24.1. The van der Waals surface area contributed by atoms with Crippen molar-refractivity contribution in [2.75, 3.05) is 18.2 Å². The van der Waals surface area contributed by atoms with Crippen LogP contribution in [0.25, 0.3) is 5.69 Å². The van der Waals surface area contributed by atoms with Crippen LogP contribution < -0.4 is 5.32 Å². The van der Waals surface area contributed by atoms with E-state index in [1.807, 2.05) is 29.9 Å². The van der Waals surface area contributed by atoms with Crippen LogP contribution in [0.2, 0.25) is 0 Å². The number of amides is 1. The largest absolute Gasteiger partial charge is 0.465 e. The fourth-order valence-electron chi connectivity index (χ4n) is 3.57. The zero-order valence-corrected chi connectivity index (χ0v) is 20.6. The number of nitrogens with one attached hydrogen (secondary N) is 1. The summed E-state index contributed by atoms with van der Waals surface area (Å²) < 4.78 is 48.2. The summed E-state index contributed by atoms with van der Waals surface area (Å²) in [5, 5.41) is 11.4. The second-order valence-electron chi connectivity index (χ2n) is 7.98. The smallest absolute Gasteiger partial charge is 0.416 e. The number of anilines is 1. The lowest BCUT2D eigenvalue weighted by Gasteiger charge is -2.13. The lowest BCUT2D eigenvalue weighted by atomic mass is 10.2. The molecule has 1 N–H and O–H groups in total. The Balaban J connectivity index is 1.56. The molecule has 12 heteroatoms. The number of hydrogen-bond donors (Lipinski definition) is 1. The number of carbonyl (C=O) groups excluding carboxylic acids is 2. The van der Waals surface area contributed by atoms with E-state index in [0.717, 1.165) is 29.6 Å². The van der Waals surface area contributed by atoms with E-state index in [-0.39, 0.29) is 22.5 Å². The van der Waals surface area contributed by atoms with Gasteiger partial charge in [0.1, 0.15) is 5.82 Å². The number of thioether (sulfide) groups is 1. The molecule has 0 saturated heterocycles. The van der Waals surface area contributed by atoms with Crippen LogP contribution in [0.5, 0.6) is 0 Å². The second kappa shape index (κ2) is 10.9. The zero-order valence-electron chi connectivity index (χ0n) is 19.8. The van der Waals surface area contributed by atoms with Gasteiger partial charge in [-0.1, -0.05) is 17.8 Å². The number of aryl methyl sites for hydroxylation is 1. The summed E-state index contributed by atoms with van der Waals surface area (Å²) in [7, 11) is 3.14. The quantitative estimate of drug-likeness (QED) is 0.262. The molecule has 4 aromatic rings. The van der Waals surface area contributed by atoms with Gasteiger partial charge in [-0.05, 0) is 54.6 Å². The zero-order chi connectivity index (χ0) is 26.6. The Morgan fingerprint density at radius 2 is 1.81 bits per heavy atom. The number of nitrogens with zero attached hydrogens (tertiary/aromatic N) is 4. The van der Waals surface area contributed by atoms with Crippen molar-refractivity contribution < 1.29 is 27.5 Å². The molecule has 2 aromatic heterocycles. The van der Waals surface area contributed by atoms with Crippen LogP contribution in [0.1, 0.15) is 27.4 Å². The van der Waals surface area contributed by atoms with Gasteiger partial charge in [0.15, 0.2) is 5.16 Å². The highest BCUT2D eigenvalue weighted by molar-refractivity contribution is 7.99. The average Bonchev–Trinajstić information content (AvgIpc) is 3.48. The predicted octanol–water partition coefficient (Wildman–Crippen LogP) is 4.73. The molecule has 2 heterocycles. The summed E-state index contributed by atoms with van der Waals surface area (Å²) >= 11 is 1.05. The van der Waals surface area contributed by atoms with Gasteiger partial charge in [-0.15, -0.1) is 10.2 Å². The molecule has 192 valence electrons. The number of benzene rings is 2. The van der Waals surface area contributed by atoms with E-state index in [9.17, 15) is 22.8 Å². The maximum atomic E-state index is 13.4. The van der Waals surface area contributed by atoms with Crippen LogP contribution in [0, 0.1) is 0 Å². The molecule has 0 aliphatic heterocycles. The summed E-state index contributed by atoms with van der Waals surface area (Å²) in [6.07, 6.45) is -2.33. The standard InChI is InChI=1S/C25H22F3N5O3S/c1-32-12-4-7-19(32)14-21-30-31-24(33(21)20-6-3-5-17(13-20)25(26,27)28)37-15-22(34)29-18-10-8-16(9-11-18)23(35)36-2/h3-13H,14-15H2,1-2H3,(H,29,34). The van der Waals surface area contributed by atoms with Crippen molar-refractivity contribution >= 4 is 29.3 Å². The van der Waals surface area contributed by atoms with E-state index >= 15 is 0 Å². The fraction of sp³-hybridized carbons (Fsp3) is 0.200. The first-order valence-corrected chi connectivity index (χ1v) is 12.0. The van der Waals surface area contributed by atoms with Crippen LogP contribution in [0.15, 0.2) is 72.0 Å². The van der Waals surface area contributed by atoms with E-state index < -0.39 is 17.7 Å². The summed E-state index contributed by atoms with van der Waals surface area (Å²) in [5.74, 6) is -0.491. The molecule has 0 atom stereocenters. The highest BCUT2D eigenvalue weighted by Gasteiger charge is 2.31. The molecule has 8 nitrogen and oxygen atoms in total. The van der Waals surface area contributed by atoms with Gasteiger partial charge >= 0.3 is 12.1 Å². The lowest BCUT2D eigenvalue weighted by molar-refractivity contribution is -0.137. The molecule has 1 amide bonds. The monoisotopic (exact) mass is 529 g/mol. The Morgan fingerprint density at radius 3 is 2.46 bits per heavy atom. The van der Waals surface area contributed by atoms with Crippen LogP contribution in [0.4, 0.5) is 18.9 Å². The van der Waals surface area contributed by atoms with Crippen molar-refractivity contribution in [2.24, 2.45) is 7.05 Å². The van der Waals surface area contributed by atoms with Gasteiger partial charge in [0, 0.05) is 31.0 Å². The molecule has 0 spiro atoms. The Morgan fingerprint density at radius 1 is 1.05 bits per heavy atom. The normalized spacial score (nSPS) is 11.4. The summed E-state index contributed by atoms with van der Waals surface area (Å²) in [5.41, 5.74) is 1.15. The number of ether oxygens (including phenoxy) is 1. The maximum Gasteiger partial charge on any atom is 0.416 e. The number of alkyl halides is 3. The minimum atomic E-state index is -4.51. The molecule has 0 saturated carbocycles. The molecular weight excluding hydrogens is 507 g/mol. The molecular formula is C25H22F3N5O3S. The Labute approximate surface area is 214 Å². The molecule has 0 aliphatic rings. The highest BCUT2D eigenvalue weighted by Crippen LogP contribution is 2.32. The van der Waals surface area contributed by atoms with Crippen molar-refractivity contribution in [1.82, 2.24) is 19.3 Å². The number of hydrogen-bond acceptors (Lipinski definition) is 6. The molecule has 0 unspecified atom stereocenters. The Bertz CT molecular complexity index is 1410. The molecule has 37 heavy (non-hydrogen) atoms. The van der Waals surface area contributed by atoms with Crippen LogP contribution in [-0.4, -0.2) is 44.1 Å². The van der Waals surface area contributed by atoms with Crippen LogP contribution in [-0.2, 0) is 29.2 Å². The predicted molar refractivity (Wildman–Crippen MR) is 132 cm³/mol.